The van der Waals surface area contributed by atoms with Crippen LogP contribution in [-0.4, -0.2) is 26.9 Å². The monoisotopic (exact) mass is 308 g/mol. The molecule has 0 bridgehead atoms. The van der Waals surface area contributed by atoms with E-state index in [-0.39, 0.29) is 11.5 Å². The fourth-order valence-electron chi connectivity index (χ4n) is 2.03. The lowest BCUT2D eigenvalue weighted by atomic mass is 10.3. The number of para-hydroxylation sites is 1. The number of rotatable bonds is 3. The Kier molecular flexibility index (Phi) is 3.56. The molecule has 9 heteroatoms. The molecule has 0 atom stereocenters. The second-order valence-corrected chi connectivity index (χ2v) is 4.59. The van der Waals surface area contributed by atoms with Gasteiger partial charge in [0.05, 0.1) is 12.8 Å². The van der Waals surface area contributed by atoms with Crippen LogP contribution in [0, 0.1) is 18.3 Å². The molecule has 1 aromatic carbocycles. The molecule has 3 aromatic rings. The van der Waals surface area contributed by atoms with Gasteiger partial charge in [-0.05, 0) is 19.1 Å². The van der Waals surface area contributed by atoms with Crippen molar-refractivity contribution in [3.05, 3.63) is 35.7 Å². The number of aryl methyl sites for hydroxylation is 1. The summed E-state index contributed by atoms with van der Waals surface area (Å²) in [5.41, 5.74) is 7.76. The molecule has 0 saturated heterocycles. The lowest BCUT2D eigenvalue weighted by Gasteiger charge is -2.01. The molecular weight excluding hydrogens is 296 g/mol. The number of azo groups is 1. The van der Waals surface area contributed by atoms with Crippen molar-refractivity contribution >= 4 is 22.8 Å². The first-order valence-electron chi connectivity index (χ1n) is 6.62. The van der Waals surface area contributed by atoms with Crippen molar-refractivity contribution in [2.45, 2.75) is 6.92 Å². The van der Waals surface area contributed by atoms with E-state index in [1.54, 1.807) is 26.2 Å². The molecule has 114 valence electrons. The minimum absolute atomic E-state index is 0.00761. The molecule has 2 aromatic heterocycles. The highest BCUT2D eigenvalue weighted by atomic mass is 16.5. The van der Waals surface area contributed by atoms with Crippen molar-refractivity contribution in [2.24, 2.45) is 10.2 Å². The van der Waals surface area contributed by atoms with Crippen LogP contribution in [0.15, 0.2) is 34.5 Å². The van der Waals surface area contributed by atoms with Gasteiger partial charge in [-0.3, -0.25) is 0 Å². The number of methoxy groups -OCH3 is 1. The number of nitrogen functional groups attached to an aromatic ring is 1. The second kappa shape index (κ2) is 5.69. The fourth-order valence-corrected chi connectivity index (χ4v) is 2.03. The number of anilines is 1. The zero-order chi connectivity index (χ0) is 16.4. The highest BCUT2D eigenvalue weighted by Gasteiger charge is 2.16. The normalized spacial score (nSPS) is 11.0. The van der Waals surface area contributed by atoms with E-state index in [4.69, 9.17) is 15.7 Å². The number of nitrogens with two attached hydrogens (primary N) is 1. The molecular formula is C14H12N8O. The van der Waals surface area contributed by atoms with Gasteiger partial charge in [0.25, 0.3) is 0 Å². The first-order valence-corrected chi connectivity index (χ1v) is 6.62. The van der Waals surface area contributed by atoms with Crippen LogP contribution >= 0.6 is 0 Å². The summed E-state index contributed by atoms with van der Waals surface area (Å²) in [7, 11) is 1.56. The molecule has 0 amide bonds. The summed E-state index contributed by atoms with van der Waals surface area (Å²) in [6.07, 6.45) is 0. The van der Waals surface area contributed by atoms with Gasteiger partial charge in [-0.15, -0.1) is 20.4 Å². The number of fused-ring (bicyclic) bond motifs is 1. The Hall–Kier alpha value is -3.54. The van der Waals surface area contributed by atoms with Crippen LogP contribution in [0.5, 0.6) is 5.75 Å². The third-order valence-electron chi connectivity index (χ3n) is 3.17. The average molecular weight is 308 g/mol. The molecule has 0 spiro atoms. The van der Waals surface area contributed by atoms with E-state index in [0.717, 1.165) is 0 Å². The van der Waals surface area contributed by atoms with Crippen LogP contribution in [0.2, 0.25) is 0 Å². The van der Waals surface area contributed by atoms with Gasteiger partial charge >= 0.3 is 0 Å². The molecule has 23 heavy (non-hydrogen) atoms. The van der Waals surface area contributed by atoms with Crippen LogP contribution in [0.3, 0.4) is 0 Å². The summed E-state index contributed by atoms with van der Waals surface area (Å²) in [5, 5.41) is 29.2. The van der Waals surface area contributed by atoms with Crippen LogP contribution in [0.1, 0.15) is 11.4 Å². The van der Waals surface area contributed by atoms with Crippen LogP contribution < -0.4 is 10.5 Å². The van der Waals surface area contributed by atoms with Crippen molar-refractivity contribution < 1.29 is 4.74 Å². The molecule has 2 N–H and O–H groups in total. The summed E-state index contributed by atoms with van der Waals surface area (Å²) in [5.74, 6) is 0.710. The SMILES string of the molecule is COc1ccccc1N=Nc1c(C)nn2c(N)c(C#N)nnc12. The summed E-state index contributed by atoms with van der Waals surface area (Å²) in [6, 6.07) is 9.09. The summed E-state index contributed by atoms with van der Waals surface area (Å²) in [6.45, 7) is 1.75. The van der Waals surface area contributed by atoms with Gasteiger partial charge in [0.2, 0.25) is 11.3 Å². The average Bonchev–Trinajstić information content (AvgIpc) is 2.90. The van der Waals surface area contributed by atoms with Gasteiger partial charge in [0.15, 0.2) is 11.5 Å². The summed E-state index contributed by atoms with van der Waals surface area (Å²) >= 11 is 0. The van der Waals surface area contributed by atoms with E-state index in [2.05, 4.69) is 25.5 Å². The number of aromatic nitrogens is 4. The highest BCUT2D eigenvalue weighted by molar-refractivity contribution is 5.69. The first kappa shape index (κ1) is 14.4. The standard InChI is InChI=1S/C14H12N8O/c1-8-12(19-17-9-5-3-4-6-11(9)23-2)14-20-18-10(7-15)13(16)22(14)21-8/h3-6H,16H2,1-2H3. The second-order valence-electron chi connectivity index (χ2n) is 4.59. The topological polar surface area (TPSA) is 127 Å². The summed E-state index contributed by atoms with van der Waals surface area (Å²) < 4.78 is 6.55. The maximum Gasteiger partial charge on any atom is 0.207 e. The molecule has 3 rings (SSSR count). The van der Waals surface area contributed by atoms with Gasteiger partial charge in [-0.2, -0.15) is 14.9 Å². The number of hydrogen-bond acceptors (Lipinski definition) is 8. The Bertz CT molecular complexity index is 953. The third kappa shape index (κ3) is 2.42. The first-order chi connectivity index (χ1) is 11.2. The molecule has 0 aliphatic heterocycles. The number of nitriles is 1. The molecule has 0 aliphatic rings. The molecule has 9 nitrogen and oxygen atoms in total. The Morgan fingerprint density at radius 2 is 2.04 bits per heavy atom. The number of hydrogen-bond donors (Lipinski definition) is 1. The number of ether oxygens (including phenoxy) is 1. The van der Waals surface area contributed by atoms with Crippen LogP contribution in [0.4, 0.5) is 17.2 Å². The molecule has 2 heterocycles. The highest BCUT2D eigenvalue weighted by Crippen LogP contribution is 2.31. The minimum atomic E-state index is 0.00761. The quantitative estimate of drug-likeness (QED) is 0.739. The van der Waals surface area contributed by atoms with E-state index in [1.165, 1.54) is 4.52 Å². The maximum atomic E-state index is 8.93. The van der Waals surface area contributed by atoms with E-state index in [0.29, 0.717) is 28.5 Å². The molecule has 0 aliphatic carbocycles. The van der Waals surface area contributed by atoms with Gasteiger partial charge in [-0.1, -0.05) is 12.1 Å². The number of nitrogens with zero attached hydrogens (tertiary/aromatic N) is 7. The molecule has 0 radical (unpaired) electrons. The Morgan fingerprint density at radius 1 is 1.26 bits per heavy atom. The predicted molar refractivity (Wildman–Crippen MR) is 81.8 cm³/mol. The lowest BCUT2D eigenvalue weighted by molar-refractivity contribution is 0.416. The maximum absolute atomic E-state index is 8.93. The van der Waals surface area contributed by atoms with Crippen molar-refractivity contribution in [1.82, 2.24) is 19.8 Å². The van der Waals surface area contributed by atoms with Crippen molar-refractivity contribution in [3.8, 4) is 11.8 Å². The predicted octanol–water partition coefficient (Wildman–Crippen LogP) is 2.31. The smallest absolute Gasteiger partial charge is 0.207 e. The van der Waals surface area contributed by atoms with Crippen molar-refractivity contribution in [1.29, 1.82) is 5.26 Å². The van der Waals surface area contributed by atoms with Gasteiger partial charge in [0.1, 0.15) is 17.5 Å². The molecule has 0 unspecified atom stereocenters. The number of benzene rings is 1. The zero-order valence-electron chi connectivity index (χ0n) is 12.4. The van der Waals surface area contributed by atoms with Gasteiger partial charge in [-0.25, -0.2) is 0 Å². The van der Waals surface area contributed by atoms with E-state index < -0.39 is 0 Å². The third-order valence-corrected chi connectivity index (χ3v) is 3.17. The van der Waals surface area contributed by atoms with Crippen LogP contribution in [-0.2, 0) is 0 Å². The van der Waals surface area contributed by atoms with E-state index >= 15 is 0 Å². The Labute approximate surface area is 131 Å². The van der Waals surface area contributed by atoms with Gasteiger partial charge < -0.3 is 10.5 Å². The zero-order valence-corrected chi connectivity index (χ0v) is 12.4. The molecule has 0 fully saturated rings. The fraction of sp³-hybridized carbons (Fsp3) is 0.143. The lowest BCUT2D eigenvalue weighted by Crippen LogP contribution is -2.05. The van der Waals surface area contributed by atoms with Gasteiger partial charge in [0, 0.05) is 0 Å². The molecule has 0 saturated carbocycles. The Morgan fingerprint density at radius 3 is 2.78 bits per heavy atom. The van der Waals surface area contributed by atoms with Crippen LogP contribution in [0.25, 0.3) is 5.65 Å². The Balaban J connectivity index is 2.11. The van der Waals surface area contributed by atoms with Crippen molar-refractivity contribution in [3.63, 3.8) is 0 Å². The van der Waals surface area contributed by atoms with E-state index in [1.807, 2.05) is 18.2 Å². The van der Waals surface area contributed by atoms with E-state index in [9.17, 15) is 0 Å². The largest absolute Gasteiger partial charge is 0.494 e. The van der Waals surface area contributed by atoms with Crippen molar-refractivity contribution in [2.75, 3.05) is 12.8 Å². The minimum Gasteiger partial charge on any atom is -0.494 e. The summed E-state index contributed by atoms with van der Waals surface area (Å²) in [4.78, 5) is 0.